The number of unbranched alkanes of at least 4 members (excludes halogenated alkanes) is 5. The second-order valence-corrected chi connectivity index (χ2v) is 6.69. The molecular weight excluding hydrogens is 244 g/mol. The maximum absolute atomic E-state index is 3.66. The lowest BCUT2D eigenvalue weighted by Gasteiger charge is -2.31. The third kappa shape index (κ3) is 7.64. The van der Waals surface area contributed by atoms with Crippen LogP contribution in [0, 0.1) is 0 Å². The Hall–Kier alpha value is -0.0800. The summed E-state index contributed by atoms with van der Waals surface area (Å²) in [7, 11) is 0. The van der Waals surface area contributed by atoms with Crippen LogP contribution in [0.3, 0.4) is 0 Å². The molecule has 1 aliphatic heterocycles. The van der Waals surface area contributed by atoms with E-state index in [2.05, 4.69) is 31.0 Å². The standard InChI is InChI=1S/C18H38N2/c1-4-6-8-9-10-12-17(3)20(15-7-5-2)16-18-13-11-14-19-18/h17-19H,4-16H2,1-3H3. The van der Waals surface area contributed by atoms with Crippen molar-refractivity contribution in [2.24, 2.45) is 0 Å². The minimum Gasteiger partial charge on any atom is -0.313 e. The maximum Gasteiger partial charge on any atom is 0.0195 e. The van der Waals surface area contributed by atoms with Gasteiger partial charge in [-0.3, -0.25) is 4.90 Å². The van der Waals surface area contributed by atoms with Gasteiger partial charge in [-0.25, -0.2) is 0 Å². The lowest BCUT2D eigenvalue weighted by atomic mass is 10.0. The molecule has 120 valence electrons. The Morgan fingerprint density at radius 1 is 1.05 bits per heavy atom. The van der Waals surface area contributed by atoms with Gasteiger partial charge in [0.1, 0.15) is 0 Å². The summed E-state index contributed by atoms with van der Waals surface area (Å²) >= 11 is 0. The monoisotopic (exact) mass is 282 g/mol. The molecule has 1 fully saturated rings. The molecule has 2 atom stereocenters. The molecule has 1 saturated heterocycles. The van der Waals surface area contributed by atoms with Crippen molar-refractivity contribution in [3.05, 3.63) is 0 Å². The predicted molar refractivity (Wildman–Crippen MR) is 90.3 cm³/mol. The van der Waals surface area contributed by atoms with Crippen molar-refractivity contribution in [3.8, 4) is 0 Å². The van der Waals surface area contributed by atoms with Crippen molar-refractivity contribution in [2.75, 3.05) is 19.6 Å². The zero-order valence-electron chi connectivity index (χ0n) is 14.3. The van der Waals surface area contributed by atoms with E-state index in [0.29, 0.717) is 0 Å². The Labute approximate surface area is 127 Å². The highest BCUT2D eigenvalue weighted by atomic mass is 15.2. The first-order valence-corrected chi connectivity index (χ1v) is 9.25. The van der Waals surface area contributed by atoms with Gasteiger partial charge in [-0.2, -0.15) is 0 Å². The summed E-state index contributed by atoms with van der Waals surface area (Å²) in [6, 6.07) is 1.53. The van der Waals surface area contributed by atoms with Crippen LogP contribution in [0.25, 0.3) is 0 Å². The molecule has 1 rings (SSSR count). The SMILES string of the molecule is CCCCCCCC(C)N(CCCC)CC1CCCN1. The summed E-state index contributed by atoms with van der Waals surface area (Å²) in [6.07, 6.45) is 13.9. The molecule has 0 aromatic carbocycles. The van der Waals surface area contributed by atoms with Crippen LogP contribution in [0.15, 0.2) is 0 Å². The van der Waals surface area contributed by atoms with Crippen LogP contribution in [-0.2, 0) is 0 Å². The Bertz CT molecular complexity index is 211. The number of hydrogen-bond donors (Lipinski definition) is 1. The molecule has 1 heterocycles. The molecule has 2 heteroatoms. The van der Waals surface area contributed by atoms with E-state index in [1.54, 1.807) is 0 Å². The second-order valence-electron chi connectivity index (χ2n) is 6.69. The Morgan fingerprint density at radius 2 is 1.80 bits per heavy atom. The average molecular weight is 283 g/mol. The van der Waals surface area contributed by atoms with Gasteiger partial charge in [-0.05, 0) is 45.7 Å². The third-order valence-electron chi connectivity index (χ3n) is 4.76. The van der Waals surface area contributed by atoms with E-state index in [0.717, 1.165) is 12.1 Å². The molecule has 0 bridgehead atoms. The molecule has 20 heavy (non-hydrogen) atoms. The van der Waals surface area contributed by atoms with E-state index in [4.69, 9.17) is 0 Å². The second kappa shape index (κ2) is 11.6. The van der Waals surface area contributed by atoms with Crippen molar-refractivity contribution in [3.63, 3.8) is 0 Å². The predicted octanol–water partition coefficient (Wildman–Crippen LogP) is 4.59. The van der Waals surface area contributed by atoms with E-state index in [-0.39, 0.29) is 0 Å². The largest absolute Gasteiger partial charge is 0.313 e. The van der Waals surface area contributed by atoms with Gasteiger partial charge < -0.3 is 5.32 Å². The first-order chi connectivity index (χ1) is 9.77. The summed E-state index contributed by atoms with van der Waals surface area (Å²) in [6.45, 7) is 10.9. The molecule has 0 aromatic rings. The van der Waals surface area contributed by atoms with Crippen LogP contribution in [0.2, 0.25) is 0 Å². The Balaban J connectivity index is 2.24. The van der Waals surface area contributed by atoms with Crippen molar-refractivity contribution >= 4 is 0 Å². The zero-order valence-corrected chi connectivity index (χ0v) is 14.3. The quantitative estimate of drug-likeness (QED) is 0.527. The number of hydrogen-bond acceptors (Lipinski definition) is 2. The van der Waals surface area contributed by atoms with Gasteiger partial charge in [0, 0.05) is 18.6 Å². The van der Waals surface area contributed by atoms with Crippen LogP contribution < -0.4 is 5.32 Å². The van der Waals surface area contributed by atoms with Crippen molar-refractivity contribution < 1.29 is 0 Å². The van der Waals surface area contributed by atoms with Crippen LogP contribution in [0.4, 0.5) is 0 Å². The van der Waals surface area contributed by atoms with E-state index in [1.807, 2.05) is 0 Å². The molecule has 1 aliphatic rings. The average Bonchev–Trinajstić information content (AvgIpc) is 2.96. The summed E-state index contributed by atoms with van der Waals surface area (Å²) in [4.78, 5) is 2.76. The molecule has 0 aromatic heterocycles. The highest BCUT2D eigenvalue weighted by molar-refractivity contribution is 4.80. The number of nitrogens with zero attached hydrogens (tertiary/aromatic N) is 1. The Kier molecular flexibility index (Phi) is 10.4. The molecule has 0 aliphatic carbocycles. The topological polar surface area (TPSA) is 15.3 Å². The van der Waals surface area contributed by atoms with Crippen LogP contribution in [-0.4, -0.2) is 36.6 Å². The van der Waals surface area contributed by atoms with Crippen LogP contribution in [0.1, 0.15) is 85.0 Å². The van der Waals surface area contributed by atoms with Crippen molar-refractivity contribution in [1.82, 2.24) is 10.2 Å². The molecule has 0 radical (unpaired) electrons. The first kappa shape index (κ1) is 18.0. The zero-order chi connectivity index (χ0) is 14.6. The smallest absolute Gasteiger partial charge is 0.0195 e. The summed E-state index contributed by atoms with van der Waals surface area (Å²) in [5, 5.41) is 3.66. The number of nitrogens with one attached hydrogen (secondary N) is 1. The fourth-order valence-electron chi connectivity index (χ4n) is 3.27. The van der Waals surface area contributed by atoms with Crippen LogP contribution in [0.5, 0.6) is 0 Å². The maximum atomic E-state index is 3.66. The van der Waals surface area contributed by atoms with Gasteiger partial charge in [0.15, 0.2) is 0 Å². The molecular formula is C18H38N2. The van der Waals surface area contributed by atoms with Crippen molar-refractivity contribution in [1.29, 1.82) is 0 Å². The minimum atomic E-state index is 0.759. The lowest BCUT2D eigenvalue weighted by molar-refractivity contribution is 0.177. The molecule has 0 amide bonds. The fraction of sp³-hybridized carbons (Fsp3) is 1.00. The fourth-order valence-corrected chi connectivity index (χ4v) is 3.27. The molecule has 0 saturated carbocycles. The van der Waals surface area contributed by atoms with Gasteiger partial charge in [-0.1, -0.05) is 52.4 Å². The van der Waals surface area contributed by atoms with E-state index < -0.39 is 0 Å². The van der Waals surface area contributed by atoms with Crippen molar-refractivity contribution in [2.45, 2.75) is 97.1 Å². The van der Waals surface area contributed by atoms with Gasteiger partial charge >= 0.3 is 0 Å². The first-order valence-electron chi connectivity index (χ1n) is 9.25. The van der Waals surface area contributed by atoms with Gasteiger partial charge in [0.05, 0.1) is 0 Å². The van der Waals surface area contributed by atoms with E-state index in [9.17, 15) is 0 Å². The molecule has 0 spiro atoms. The van der Waals surface area contributed by atoms with E-state index in [1.165, 1.54) is 83.8 Å². The third-order valence-corrected chi connectivity index (χ3v) is 4.76. The van der Waals surface area contributed by atoms with E-state index >= 15 is 0 Å². The summed E-state index contributed by atoms with van der Waals surface area (Å²) in [5.74, 6) is 0. The Morgan fingerprint density at radius 3 is 2.45 bits per heavy atom. The summed E-state index contributed by atoms with van der Waals surface area (Å²) < 4.78 is 0. The molecule has 2 unspecified atom stereocenters. The van der Waals surface area contributed by atoms with Gasteiger partial charge in [-0.15, -0.1) is 0 Å². The molecule has 2 nitrogen and oxygen atoms in total. The minimum absolute atomic E-state index is 0.759. The van der Waals surface area contributed by atoms with Crippen LogP contribution >= 0.6 is 0 Å². The lowest BCUT2D eigenvalue weighted by Crippen LogP contribution is -2.42. The highest BCUT2D eigenvalue weighted by Crippen LogP contribution is 2.15. The highest BCUT2D eigenvalue weighted by Gasteiger charge is 2.20. The van der Waals surface area contributed by atoms with Gasteiger partial charge in [0.25, 0.3) is 0 Å². The normalized spacial score (nSPS) is 20.7. The molecule has 1 N–H and O–H groups in total. The number of rotatable bonds is 12. The van der Waals surface area contributed by atoms with Gasteiger partial charge in [0.2, 0.25) is 0 Å². The summed E-state index contributed by atoms with van der Waals surface area (Å²) in [5.41, 5.74) is 0.